The normalized spacial score (nSPS) is 28.6. The Bertz CT molecular complexity index is 197. The molecule has 0 amide bonds. The Labute approximate surface area is 85.5 Å². The lowest BCUT2D eigenvalue weighted by Gasteiger charge is -2.28. The molecule has 0 aliphatic heterocycles. The number of aliphatic hydroxyl groups is 1. The Kier molecular flexibility index (Phi) is 3.53. The molecule has 0 radical (unpaired) electrons. The molecule has 0 aromatic heterocycles. The van der Waals surface area contributed by atoms with Gasteiger partial charge in [0.2, 0.25) is 0 Å². The molecule has 0 bridgehead atoms. The first-order chi connectivity index (χ1) is 6.39. The van der Waals surface area contributed by atoms with Crippen LogP contribution in [0.4, 0.5) is 0 Å². The van der Waals surface area contributed by atoms with Crippen LogP contribution in [0.1, 0.15) is 46.5 Å². The van der Waals surface area contributed by atoms with Gasteiger partial charge in [-0.15, -0.1) is 0 Å². The van der Waals surface area contributed by atoms with Gasteiger partial charge in [-0.1, -0.05) is 6.92 Å². The summed E-state index contributed by atoms with van der Waals surface area (Å²) in [5, 5.41) is 9.39. The third-order valence-corrected chi connectivity index (χ3v) is 2.74. The van der Waals surface area contributed by atoms with E-state index >= 15 is 0 Å². The molecule has 1 fully saturated rings. The quantitative estimate of drug-likeness (QED) is 0.692. The molecule has 1 aliphatic rings. The highest BCUT2D eigenvalue weighted by Gasteiger charge is 2.29. The molecule has 1 N–H and O–H groups in total. The minimum atomic E-state index is -1.36. The molecule has 0 atom stereocenters. The van der Waals surface area contributed by atoms with E-state index in [1.807, 2.05) is 0 Å². The zero-order valence-electron chi connectivity index (χ0n) is 9.25. The summed E-state index contributed by atoms with van der Waals surface area (Å²) in [7, 11) is 0. The number of hydrogen-bond acceptors (Lipinski definition) is 3. The number of carbonyl (C=O) groups is 1. The summed E-state index contributed by atoms with van der Waals surface area (Å²) in [6.07, 6.45) is 4.12. The van der Waals surface area contributed by atoms with Crippen molar-refractivity contribution >= 4 is 5.97 Å². The van der Waals surface area contributed by atoms with E-state index in [1.54, 1.807) is 0 Å². The maximum Gasteiger partial charge on any atom is 0.337 e. The molecular weight excluding hydrogens is 180 g/mol. The Morgan fingerprint density at radius 3 is 2.21 bits per heavy atom. The maximum atomic E-state index is 11.3. The number of hydrogen-bond donors (Lipinski definition) is 1. The third kappa shape index (κ3) is 3.29. The highest BCUT2D eigenvalue weighted by molar-refractivity contribution is 5.78. The molecule has 0 heterocycles. The van der Waals surface area contributed by atoms with Gasteiger partial charge in [0.05, 0.1) is 0 Å². The Hall–Kier alpha value is -0.570. The number of esters is 1. The summed E-state index contributed by atoms with van der Waals surface area (Å²) >= 11 is 0. The van der Waals surface area contributed by atoms with E-state index in [9.17, 15) is 9.90 Å². The highest BCUT2D eigenvalue weighted by Crippen LogP contribution is 2.26. The van der Waals surface area contributed by atoms with Crippen LogP contribution >= 0.6 is 0 Å². The van der Waals surface area contributed by atoms with Crippen LogP contribution < -0.4 is 0 Å². The van der Waals surface area contributed by atoms with E-state index in [-0.39, 0.29) is 6.10 Å². The van der Waals surface area contributed by atoms with Crippen LogP contribution in [0.2, 0.25) is 0 Å². The van der Waals surface area contributed by atoms with Crippen molar-refractivity contribution in [1.29, 1.82) is 0 Å². The minimum absolute atomic E-state index is 0.0186. The molecule has 14 heavy (non-hydrogen) atoms. The molecular formula is C11H20O3. The predicted molar refractivity (Wildman–Crippen MR) is 53.8 cm³/mol. The molecule has 0 saturated heterocycles. The van der Waals surface area contributed by atoms with Gasteiger partial charge in [0.25, 0.3) is 0 Å². The first-order valence-corrected chi connectivity index (χ1v) is 5.33. The Morgan fingerprint density at radius 2 is 1.79 bits per heavy atom. The van der Waals surface area contributed by atoms with Gasteiger partial charge in [0.15, 0.2) is 5.60 Å². The Morgan fingerprint density at radius 1 is 1.29 bits per heavy atom. The SMILES string of the molecule is CC1CCC(OC(=O)C(C)(C)O)CC1. The molecule has 0 aromatic rings. The van der Waals surface area contributed by atoms with E-state index in [2.05, 4.69) is 6.92 Å². The standard InChI is InChI=1S/C11H20O3/c1-8-4-6-9(7-5-8)14-10(12)11(2,3)13/h8-9,13H,4-7H2,1-3H3. The molecule has 1 saturated carbocycles. The fourth-order valence-corrected chi connectivity index (χ4v) is 1.64. The third-order valence-electron chi connectivity index (χ3n) is 2.74. The smallest absolute Gasteiger partial charge is 0.337 e. The van der Waals surface area contributed by atoms with Gasteiger partial charge >= 0.3 is 5.97 Å². The van der Waals surface area contributed by atoms with Crippen LogP contribution in [0.25, 0.3) is 0 Å². The first kappa shape index (κ1) is 11.5. The van der Waals surface area contributed by atoms with Crippen molar-refractivity contribution in [2.24, 2.45) is 5.92 Å². The van der Waals surface area contributed by atoms with Gasteiger partial charge in [-0.25, -0.2) is 4.79 Å². The molecule has 1 rings (SSSR count). The van der Waals surface area contributed by atoms with Gasteiger partial charge in [0, 0.05) is 0 Å². The summed E-state index contributed by atoms with van der Waals surface area (Å²) in [6, 6.07) is 0. The van der Waals surface area contributed by atoms with Crippen molar-refractivity contribution in [2.75, 3.05) is 0 Å². The van der Waals surface area contributed by atoms with Crippen LogP contribution in [0.5, 0.6) is 0 Å². The summed E-state index contributed by atoms with van der Waals surface area (Å²) in [4.78, 5) is 11.3. The van der Waals surface area contributed by atoms with Crippen molar-refractivity contribution in [3.8, 4) is 0 Å². The Balaban J connectivity index is 2.35. The van der Waals surface area contributed by atoms with Gasteiger partial charge in [0.1, 0.15) is 6.10 Å². The molecule has 3 nitrogen and oxygen atoms in total. The molecule has 82 valence electrons. The molecule has 1 aliphatic carbocycles. The topological polar surface area (TPSA) is 46.5 Å². The summed E-state index contributed by atoms with van der Waals surface area (Å²) in [5.41, 5.74) is -1.36. The zero-order chi connectivity index (χ0) is 10.8. The second-order valence-corrected chi connectivity index (χ2v) is 4.85. The highest BCUT2D eigenvalue weighted by atomic mass is 16.6. The molecule has 0 unspecified atom stereocenters. The van der Waals surface area contributed by atoms with Crippen molar-refractivity contribution in [3.63, 3.8) is 0 Å². The van der Waals surface area contributed by atoms with E-state index < -0.39 is 11.6 Å². The van der Waals surface area contributed by atoms with Crippen molar-refractivity contribution in [1.82, 2.24) is 0 Å². The zero-order valence-corrected chi connectivity index (χ0v) is 9.25. The van der Waals surface area contributed by atoms with Gasteiger partial charge in [-0.3, -0.25) is 0 Å². The average molecular weight is 200 g/mol. The lowest BCUT2D eigenvalue weighted by Crippen LogP contribution is -2.37. The molecule has 3 heteroatoms. The molecule has 0 aromatic carbocycles. The van der Waals surface area contributed by atoms with Gasteiger partial charge in [-0.05, 0) is 45.4 Å². The summed E-state index contributed by atoms with van der Waals surface area (Å²) in [5.74, 6) is 0.240. The molecule has 0 spiro atoms. The minimum Gasteiger partial charge on any atom is -0.460 e. The maximum absolute atomic E-state index is 11.3. The van der Waals surface area contributed by atoms with E-state index in [0.717, 1.165) is 31.6 Å². The van der Waals surface area contributed by atoms with Crippen LogP contribution in [0, 0.1) is 5.92 Å². The monoisotopic (exact) mass is 200 g/mol. The second kappa shape index (κ2) is 4.30. The second-order valence-electron chi connectivity index (χ2n) is 4.85. The predicted octanol–water partition coefficient (Wildman–Crippen LogP) is 1.88. The lowest BCUT2D eigenvalue weighted by molar-refractivity contribution is -0.169. The van der Waals surface area contributed by atoms with Gasteiger partial charge < -0.3 is 9.84 Å². The van der Waals surface area contributed by atoms with Crippen molar-refractivity contribution in [3.05, 3.63) is 0 Å². The average Bonchev–Trinajstić information content (AvgIpc) is 2.07. The number of carbonyl (C=O) groups excluding carboxylic acids is 1. The van der Waals surface area contributed by atoms with Gasteiger partial charge in [-0.2, -0.15) is 0 Å². The van der Waals surface area contributed by atoms with Crippen LogP contribution in [-0.4, -0.2) is 22.8 Å². The first-order valence-electron chi connectivity index (χ1n) is 5.33. The van der Waals surface area contributed by atoms with Crippen LogP contribution in [-0.2, 0) is 9.53 Å². The fraction of sp³-hybridized carbons (Fsp3) is 0.909. The summed E-state index contributed by atoms with van der Waals surface area (Å²) < 4.78 is 5.22. The fourth-order valence-electron chi connectivity index (χ4n) is 1.64. The summed E-state index contributed by atoms with van der Waals surface area (Å²) in [6.45, 7) is 5.13. The van der Waals surface area contributed by atoms with Crippen LogP contribution in [0.3, 0.4) is 0 Å². The van der Waals surface area contributed by atoms with Crippen molar-refractivity contribution < 1.29 is 14.6 Å². The van der Waals surface area contributed by atoms with Crippen molar-refractivity contribution in [2.45, 2.75) is 58.2 Å². The lowest BCUT2D eigenvalue weighted by atomic mass is 9.89. The van der Waals surface area contributed by atoms with E-state index in [0.29, 0.717) is 0 Å². The van der Waals surface area contributed by atoms with Crippen LogP contribution in [0.15, 0.2) is 0 Å². The number of rotatable bonds is 2. The number of ether oxygens (including phenoxy) is 1. The largest absolute Gasteiger partial charge is 0.460 e. The van der Waals surface area contributed by atoms with E-state index in [1.165, 1.54) is 13.8 Å². The van der Waals surface area contributed by atoms with E-state index in [4.69, 9.17) is 4.74 Å².